The van der Waals surface area contributed by atoms with Crippen LogP contribution in [0.2, 0.25) is 0 Å². The van der Waals surface area contributed by atoms with Crippen LogP contribution in [0.3, 0.4) is 0 Å². The molecule has 0 aromatic carbocycles. The van der Waals surface area contributed by atoms with Crippen molar-refractivity contribution in [2.24, 2.45) is 0 Å². The molecule has 8 nitrogen and oxygen atoms in total. The first-order chi connectivity index (χ1) is 25.4. The molecule has 2 N–H and O–H groups in total. The predicted molar refractivity (Wildman–Crippen MR) is 243 cm³/mol. The summed E-state index contributed by atoms with van der Waals surface area (Å²) in [4.78, 5) is 27.7. The van der Waals surface area contributed by atoms with Crippen molar-refractivity contribution in [1.82, 2.24) is 39.5 Å². The Bertz CT molecular complexity index is 2310. The van der Waals surface area contributed by atoms with Gasteiger partial charge in [-0.15, -0.1) is 49.6 Å². The molecule has 6 aliphatic rings. The number of nitrogens with one attached hydrogen (secondary N) is 2. The number of aromatic amines is 2. The van der Waals surface area contributed by atoms with Gasteiger partial charge in [0.05, 0.1) is 46.9 Å². The number of allylic oxidation sites excluding steroid dienone is 8. The highest BCUT2D eigenvalue weighted by Crippen LogP contribution is 2.39. The number of aromatic nitrogens is 4. The standard InChI is InChI=1S/C44H42N8.4ClH/c1-49-25-9-5-13-37(49)41-29-17-19-31(45-29)42(38-14-6-10-26-50(38)2)33-21-23-35(47-33)44(40-16-8-12-28-52(40)4)36-24-22-34(48-36)43(32-20-18-30(41)46-32)39-15-7-11-27-51(39)3;;;;/h5-28,37-40,45-46H,1-4H3;4*1H. The van der Waals surface area contributed by atoms with Crippen molar-refractivity contribution in [1.29, 1.82) is 0 Å². The fourth-order valence-electron chi connectivity index (χ4n) is 8.07. The van der Waals surface area contributed by atoms with Gasteiger partial charge >= 0.3 is 0 Å². The third-order valence-electron chi connectivity index (χ3n) is 10.8. The Morgan fingerprint density at radius 2 is 0.643 bits per heavy atom. The molecule has 56 heavy (non-hydrogen) atoms. The summed E-state index contributed by atoms with van der Waals surface area (Å²) in [5.74, 6) is 0. The molecule has 4 atom stereocenters. The highest BCUT2D eigenvalue weighted by molar-refractivity contribution is 5.86. The first kappa shape index (κ1) is 42.0. The molecule has 290 valence electrons. The number of halogens is 4. The fourth-order valence-corrected chi connectivity index (χ4v) is 8.07. The Kier molecular flexibility index (Phi) is 13.0. The van der Waals surface area contributed by atoms with E-state index in [-0.39, 0.29) is 73.8 Å². The maximum atomic E-state index is 5.46. The van der Waals surface area contributed by atoms with E-state index in [0.29, 0.717) is 0 Å². The minimum Gasteiger partial charge on any atom is -0.370 e. The van der Waals surface area contributed by atoms with Gasteiger partial charge in [-0.25, -0.2) is 9.97 Å². The highest BCUT2D eigenvalue weighted by atomic mass is 35.5. The molecule has 0 aliphatic carbocycles. The van der Waals surface area contributed by atoms with Crippen LogP contribution >= 0.6 is 49.6 Å². The zero-order valence-electron chi connectivity index (χ0n) is 31.5. The Morgan fingerprint density at radius 3 is 0.964 bits per heavy atom. The van der Waals surface area contributed by atoms with Crippen molar-refractivity contribution in [3.63, 3.8) is 0 Å². The number of hydrogen-bond donors (Lipinski definition) is 2. The molecule has 8 bridgehead atoms. The van der Waals surface area contributed by atoms with Gasteiger partial charge in [-0.3, -0.25) is 0 Å². The second kappa shape index (κ2) is 17.3. The van der Waals surface area contributed by atoms with Gasteiger partial charge in [0.15, 0.2) is 0 Å². The summed E-state index contributed by atoms with van der Waals surface area (Å²) in [6.45, 7) is 0. The van der Waals surface area contributed by atoms with Crippen molar-refractivity contribution < 1.29 is 0 Å². The van der Waals surface area contributed by atoms with Gasteiger partial charge in [0, 0.05) is 72.5 Å². The van der Waals surface area contributed by atoms with Crippen molar-refractivity contribution in [2.75, 3.05) is 28.2 Å². The van der Waals surface area contributed by atoms with E-state index in [1.807, 2.05) is 0 Å². The van der Waals surface area contributed by atoms with Crippen LogP contribution in [0.4, 0.5) is 0 Å². The van der Waals surface area contributed by atoms with E-state index in [2.05, 4.69) is 204 Å². The third-order valence-corrected chi connectivity index (χ3v) is 10.8. The molecule has 0 radical (unpaired) electrons. The van der Waals surface area contributed by atoms with Crippen molar-refractivity contribution in [3.8, 4) is 0 Å². The van der Waals surface area contributed by atoms with Crippen LogP contribution in [0, 0.1) is 0 Å². The molecule has 9 heterocycles. The van der Waals surface area contributed by atoms with E-state index in [9.17, 15) is 0 Å². The topological polar surface area (TPSA) is 70.3 Å². The molecule has 0 saturated carbocycles. The number of likely N-dealkylation sites (N-methyl/N-ethyl adjacent to an activating group) is 4. The highest BCUT2D eigenvalue weighted by Gasteiger charge is 2.28. The summed E-state index contributed by atoms with van der Waals surface area (Å²) in [7, 11) is 8.50. The molecular weight excluding hydrogens is 782 g/mol. The lowest BCUT2D eigenvalue weighted by Crippen LogP contribution is -2.21. The van der Waals surface area contributed by atoms with Gasteiger partial charge in [-0.05, 0) is 97.7 Å². The summed E-state index contributed by atoms with van der Waals surface area (Å²) in [5.41, 5.74) is 12.3. The summed E-state index contributed by atoms with van der Waals surface area (Å²) in [6, 6.07) is 8.81. The van der Waals surface area contributed by atoms with Crippen LogP contribution in [0.5, 0.6) is 0 Å². The molecule has 0 amide bonds. The molecule has 0 fully saturated rings. The lowest BCUT2D eigenvalue weighted by atomic mass is 10.00. The van der Waals surface area contributed by atoms with Gasteiger partial charge < -0.3 is 29.6 Å². The first-order valence-electron chi connectivity index (χ1n) is 17.9. The van der Waals surface area contributed by atoms with Gasteiger partial charge in [0.1, 0.15) is 0 Å². The van der Waals surface area contributed by atoms with Crippen LogP contribution in [-0.4, -0.2) is 67.7 Å². The first-order valence-corrected chi connectivity index (χ1v) is 17.9. The van der Waals surface area contributed by atoms with Gasteiger partial charge in [-0.2, -0.15) is 0 Å². The monoisotopic (exact) mass is 826 g/mol. The third kappa shape index (κ3) is 7.42. The van der Waals surface area contributed by atoms with Crippen LogP contribution in [-0.2, 0) is 0 Å². The summed E-state index contributed by atoms with van der Waals surface area (Å²) >= 11 is 0. The largest absolute Gasteiger partial charge is 0.370 e. The molecular formula is C44H46Cl4N8. The second-order valence-corrected chi connectivity index (χ2v) is 14.0. The zero-order chi connectivity index (χ0) is 35.3. The van der Waals surface area contributed by atoms with E-state index < -0.39 is 0 Å². The number of rotatable bonds is 4. The second-order valence-electron chi connectivity index (χ2n) is 14.0. The van der Waals surface area contributed by atoms with Crippen molar-refractivity contribution >= 4 is 96.0 Å². The number of fused-ring (bicyclic) bond motifs is 8. The number of H-pyrrole nitrogens is 2. The van der Waals surface area contributed by atoms with Gasteiger partial charge in [0.2, 0.25) is 0 Å². The fraction of sp³-hybridized carbons (Fsp3) is 0.182. The summed E-state index contributed by atoms with van der Waals surface area (Å²) in [5, 5.41) is 0. The van der Waals surface area contributed by atoms with Crippen molar-refractivity contribution in [2.45, 2.75) is 24.2 Å². The maximum Gasteiger partial charge on any atom is 0.0763 e. The Morgan fingerprint density at radius 1 is 0.375 bits per heavy atom. The van der Waals surface area contributed by atoms with Crippen molar-refractivity contribution in [3.05, 3.63) is 167 Å². The normalized spacial score (nSPS) is 21.2. The molecule has 0 saturated heterocycles. The van der Waals surface area contributed by atoms with Crippen LogP contribution in [0.1, 0.15) is 69.2 Å². The Balaban J connectivity index is 0.00000150. The van der Waals surface area contributed by atoms with E-state index >= 15 is 0 Å². The molecule has 3 aromatic heterocycles. The van der Waals surface area contributed by atoms with Gasteiger partial charge in [0.25, 0.3) is 0 Å². The SMILES string of the molecule is CN1C=CC=CC1c1c2nc(c(C3C=CC=CN3C)c3ccc([nH]3)c(C3C=CC=CN3C)c3ccc([nH]3)c(C3C=CC=CN3C)c3nc1C=C3)C=C2.Cl.Cl.Cl.Cl. The summed E-state index contributed by atoms with van der Waals surface area (Å²) < 4.78 is 0. The quantitative estimate of drug-likeness (QED) is 0.188. The van der Waals surface area contributed by atoms with Crippen LogP contribution < -0.4 is 0 Å². The minimum atomic E-state index is -0.0393. The maximum absolute atomic E-state index is 5.46. The van der Waals surface area contributed by atoms with E-state index in [1.165, 1.54) is 0 Å². The lowest BCUT2D eigenvalue weighted by Gasteiger charge is -2.28. The van der Waals surface area contributed by atoms with E-state index in [1.54, 1.807) is 0 Å². The number of hydrogen-bond acceptors (Lipinski definition) is 6. The molecule has 9 rings (SSSR count). The Hall–Kier alpha value is -5.12. The lowest BCUT2D eigenvalue weighted by molar-refractivity contribution is 0.387. The minimum absolute atomic E-state index is 0. The molecule has 3 aromatic rings. The summed E-state index contributed by atoms with van der Waals surface area (Å²) in [6.07, 6.45) is 43.0. The zero-order valence-corrected chi connectivity index (χ0v) is 34.7. The average Bonchev–Trinajstić information content (AvgIpc) is 3.99. The smallest absolute Gasteiger partial charge is 0.0763 e. The molecule has 6 aliphatic heterocycles. The Labute approximate surface area is 353 Å². The molecule has 0 spiro atoms. The number of nitrogens with zero attached hydrogens (tertiary/aromatic N) is 6. The van der Waals surface area contributed by atoms with Crippen LogP contribution in [0.15, 0.2) is 122 Å². The average molecular weight is 829 g/mol. The predicted octanol–water partition coefficient (Wildman–Crippen LogP) is 10.6. The van der Waals surface area contributed by atoms with E-state index in [0.717, 1.165) is 67.1 Å². The van der Waals surface area contributed by atoms with E-state index in [4.69, 9.17) is 9.97 Å². The van der Waals surface area contributed by atoms with Crippen LogP contribution in [0.25, 0.3) is 46.4 Å². The van der Waals surface area contributed by atoms with Gasteiger partial charge in [-0.1, -0.05) is 48.6 Å². The molecule has 4 unspecified atom stereocenters. The molecule has 12 heteroatoms.